The van der Waals surface area contributed by atoms with Crippen molar-refractivity contribution in [3.63, 3.8) is 0 Å². The summed E-state index contributed by atoms with van der Waals surface area (Å²) in [6, 6.07) is 8.44. The van der Waals surface area contributed by atoms with Crippen LogP contribution in [-0.2, 0) is 16.1 Å². The Balaban J connectivity index is 1.64. The SMILES string of the molecule is COCCNC(=O)CCC1CCN(Cc2ccc(OC(C)C)cc2)CC1. The molecule has 0 saturated carbocycles. The third-order valence-electron chi connectivity index (χ3n) is 4.82. The van der Waals surface area contributed by atoms with Crippen LogP contribution < -0.4 is 10.1 Å². The van der Waals surface area contributed by atoms with E-state index in [1.807, 2.05) is 13.8 Å². The van der Waals surface area contributed by atoms with E-state index in [0.29, 0.717) is 25.5 Å². The molecule has 5 nitrogen and oxygen atoms in total. The zero-order valence-corrected chi connectivity index (χ0v) is 16.5. The van der Waals surface area contributed by atoms with Crippen LogP contribution in [0.25, 0.3) is 0 Å². The number of hydrogen-bond donors (Lipinski definition) is 1. The van der Waals surface area contributed by atoms with Crippen molar-refractivity contribution < 1.29 is 14.3 Å². The summed E-state index contributed by atoms with van der Waals surface area (Å²) < 4.78 is 10.6. The van der Waals surface area contributed by atoms with Gasteiger partial charge in [0, 0.05) is 26.6 Å². The minimum Gasteiger partial charge on any atom is -0.491 e. The Hall–Kier alpha value is -1.59. The second-order valence-corrected chi connectivity index (χ2v) is 7.41. The van der Waals surface area contributed by atoms with Gasteiger partial charge >= 0.3 is 0 Å². The Morgan fingerprint density at radius 3 is 2.54 bits per heavy atom. The fourth-order valence-corrected chi connectivity index (χ4v) is 3.35. The number of benzene rings is 1. The first kappa shape index (κ1) is 20.7. The Morgan fingerprint density at radius 1 is 1.23 bits per heavy atom. The molecule has 1 aromatic rings. The Labute approximate surface area is 158 Å². The molecule has 1 N–H and O–H groups in total. The molecule has 0 unspecified atom stereocenters. The number of carbonyl (C=O) groups is 1. The lowest BCUT2D eigenvalue weighted by Gasteiger charge is -2.32. The van der Waals surface area contributed by atoms with Crippen LogP contribution in [0.5, 0.6) is 5.75 Å². The molecule has 1 heterocycles. The zero-order chi connectivity index (χ0) is 18.8. The lowest BCUT2D eigenvalue weighted by molar-refractivity contribution is -0.121. The van der Waals surface area contributed by atoms with Crippen LogP contribution in [0.15, 0.2) is 24.3 Å². The Bertz CT molecular complexity index is 523. The quantitative estimate of drug-likeness (QED) is 0.649. The molecule has 146 valence electrons. The molecule has 0 spiro atoms. The predicted octanol–water partition coefficient (Wildman–Crippen LogP) is 3.23. The van der Waals surface area contributed by atoms with Gasteiger partial charge in [0.1, 0.15) is 5.75 Å². The molecular weight excluding hydrogens is 328 g/mol. The molecule has 0 aromatic heterocycles. The first-order valence-electron chi connectivity index (χ1n) is 9.80. The van der Waals surface area contributed by atoms with Gasteiger partial charge in [0.25, 0.3) is 0 Å². The van der Waals surface area contributed by atoms with Gasteiger partial charge in [0.2, 0.25) is 5.91 Å². The van der Waals surface area contributed by atoms with Crippen molar-refractivity contribution in [1.29, 1.82) is 0 Å². The predicted molar refractivity (Wildman–Crippen MR) is 104 cm³/mol. The van der Waals surface area contributed by atoms with E-state index < -0.39 is 0 Å². The number of nitrogens with zero attached hydrogens (tertiary/aromatic N) is 1. The highest BCUT2D eigenvalue weighted by Crippen LogP contribution is 2.23. The first-order chi connectivity index (χ1) is 12.6. The lowest BCUT2D eigenvalue weighted by Crippen LogP contribution is -2.34. The number of carbonyl (C=O) groups excluding carboxylic acids is 1. The maximum atomic E-state index is 11.8. The van der Waals surface area contributed by atoms with E-state index in [0.717, 1.165) is 31.8 Å². The standard InChI is InChI=1S/C21H34N2O3/c1-17(2)26-20-7-4-19(5-8-20)16-23-13-10-18(11-14-23)6-9-21(24)22-12-15-25-3/h4-5,7-8,17-18H,6,9-16H2,1-3H3,(H,22,24). The van der Waals surface area contributed by atoms with E-state index >= 15 is 0 Å². The van der Waals surface area contributed by atoms with Crippen molar-refractivity contribution >= 4 is 5.91 Å². The molecule has 1 fully saturated rings. The molecule has 1 amide bonds. The van der Waals surface area contributed by atoms with Crippen molar-refractivity contribution in [2.45, 2.75) is 52.2 Å². The van der Waals surface area contributed by atoms with Gasteiger partial charge in [0.15, 0.2) is 0 Å². The minimum absolute atomic E-state index is 0.146. The highest BCUT2D eigenvalue weighted by molar-refractivity contribution is 5.75. The lowest BCUT2D eigenvalue weighted by atomic mass is 9.92. The molecule has 1 aliphatic heterocycles. The highest BCUT2D eigenvalue weighted by atomic mass is 16.5. The average Bonchev–Trinajstić information content (AvgIpc) is 2.62. The molecule has 0 radical (unpaired) electrons. The van der Waals surface area contributed by atoms with Crippen molar-refractivity contribution in [2.75, 3.05) is 33.4 Å². The van der Waals surface area contributed by atoms with Gasteiger partial charge in [0.05, 0.1) is 12.7 Å². The van der Waals surface area contributed by atoms with E-state index in [1.165, 1.54) is 18.4 Å². The van der Waals surface area contributed by atoms with Gasteiger partial charge in [-0.15, -0.1) is 0 Å². The third-order valence-corrected chi connectivity index (χ3v) is 4.82. The summed E-state index contributed by atoms with van der Waals surface area (Å²) >= 11 is 0. The van der Waals surface area contributed by atoms with Crippen LogP contribution in [-0.4, -0.2) is 50.3 Å². The number of hydrogen-bond acceptors (Lipinski definition) is 4. The number of amides is 1. The molecule has 1 aliphatic rings. The van der Waals surface area contributed by atoms with Crippen molar-refractivity contribution in [3.8, 4) is 5.75 Å². The Morgan fingerprint density at radius 2 is 1.92 bits per heavy atom. The number of likely N-dealkylation sites (tertiary alicyclic amines) is 1. The van der Waals surface area contributed by atoms with Gasteiger partial charge in [-0.25, -0.2) is 0 Å². The first-order valence-corrected chi connectivity index (χ1v) is 9.80. The summed E-state index contributed by atoms with van der Waals surface area (Å²) in [5.41, 5.74) is 1.33. The fraction of sp³-hybridized carbons (Fsp3) is 0.667. The topological polar surface area (TPSA) is 50.8 Å². The minimum atomic E-state index is 0.146. The van der Waals surface area contributed by atoms with Crippen molar-refractivity contribution in [2.24, 2.45) is 5.92 Å². The normalized spacial score (nSPS) is 16.0. The molecule has 1 saturated heterocycles. The number of piperidine rings is 1. The molecule has 1 aromatic carbocycles. The van der Waals surface area contributed by atoms with Gasteiger partial charge in [-0.2, -0.15) is 0 Å². The van der Waals surface area contributed by atoms with E-state index in [4.69, 9.17) is 9.47 Å². The van der Waals surface area contributed by atoms with Gasteiger partial charge in [-0.3, -0.25) is 9.69 Å². The highest BCUT2D eigenvalue weighted by Gasteiger charge is 2.20. The summed E-state index contributed by atoms with van der Waals surface area (Å²) in [6.45, 7) is 8.48. The maximum Gasteiger partial charge on any atom is 0.220 e. The number of rotatable bonds is 10. The maximum absolute atomic E-state index is 11.8. The second-order valence-electron chi connectivity index (χ2n) is 7.41. The van der Waals surface area contributed by atoms with Crippen LogP contribution in [0, 0.1) is 5.92 Å². The third kappa shape index (κ3) is 7.75. The van der Waals surface area contributed by atoms with E-state index in [1.54, 1.807) is 7.11 Å². The summed E-state index contributed by atoms with van der Waals surface area (Å²) in [5, 5.41) is 2.90. The van der Waals surface area contributed by atoms with Gasteiger partial charge < -0.3 is 14.8 Å². The Kier molecular flexibility index (Phi) is 8.92. The van der Waals surface area contributed by atoms with E-state index in [9.17, 15) is 4.79 Å². The number of nitrogens with one attached hydrogen (secondary N) is 1. The molecule has 26 heavy (non-hydrogen) atoms. The number of ether oxygens (including phenoxy) is 2. The number of methoxy groups -OCH3 is 1. The summed E-state index contributed by atoms with van der Waals surface area (Å²) in [7, 11) is 1.65. The fourth-order valence-electron chi connectivity index (χ4n) is 3.35. The van der Waals surface area contributed by atoms with Crippen LogP contribution in [0.3, 0.4) is 0 Å². The molecule has 0 atom stereocenters. The largest absolute Gasteiger partial charge is 0.491 e. The van der Waals surface area contributed by atoms with Crippen molar-refractivity contribution in [3.05, 3.63) is 29.8 Å². The van der Waals surface area contributed by atoms with Gasteiger partial charge in [-0.05, 0) is 69.8 Å². The van der Waals surface area contributed by atoms with Crippen LogP contribution >= 0.6 is 0 Å². The van der Waals surface area contributed by atoms with E-state index in [-0.39, 0.29) is 12.0 Å². The smallest absolute Gasteiger partial charge is 0.220 e. The molecule has 0 aliphatic carbocycles. The summed E-state index contributed by atoms with van der Waals surface area (Å²) in [6.07, 6.45) is 4.20. The second kappa shape index (κ2) is 11.2. The van der Waals surface area contributed by atoms with Crippen molar-refractivity contribution in [1.82, 2.24) is 10.2 Å². The van der Waals surface area contributed by atoms with Crippen LogP contribution in [0.2, 0.25) is 0 Å². The van der Waals surface area contributed by atoms with E-state index in [2.05, 4.69) is 34.5 Å². The summed E-state index contributed by atoms with van der Waals surface area (Å²) in [5.74, 6) is 1.75. The molecular formula is C21H34N2O3. The average molecular weight is 363 g/mol. The molecule has 2 rings (SSSR count). The monoisotopic (exact) mass is 362 g/mol. The summed E-state index contributed by atoms with van der Waals surface area (Å²) in [4.78, 5) is 14.3. The van der Waals surface area contributed by atoms with Crippen LogP contribution in [0.1, 0.15) is 45.1 Å². The molecule has 0 bridgehead atoms. The zero-order valence-electron chi connectivity index (χ0n) is 16.5. The van der Waals surface area contributed by atoms with Crippen LogP contribution in [0.4, 0.5) is 0 Å². The van der Waals surface area contributed by atoms with Gasteiger partial charge in [-0.1, -0.05) is 12.1 Å². The molecule has 5 heteroatoms.